The average Bonchev–Trinajstić information content (AvgIpc) is 1.85. The van der Waals surface area contributed by atoms with Gasteiger partial charge in [-0.2, -0.15) is 0 Å². The molecule has 0 amide bonds. The third-order valence-corrected chi connectivity index (χ3v) is 1.24. The first-order valence-electron chi connectivity index (χ1n) is 3.28. The van der Waals surface area contributed by atoms with E-state index in [0.29, 0.717) is 12.2 Å². The minimum absolute atomic E-state index is 0.411. The number of aryl methyl sites for hydroxylation is 2. The summed E-state index contributed by atoms with van der Waals surface area (Å²) < 4.78 is 4.65. The van der Waals surface area contributed by atoms with Gasteiger partial charge in [-0.3, -0.25) is 9.78 Å². The summed E-state index contributed by atoms with van der Waals surface area (Å²) in [4.78, 5) is 14.1. The Morgan fingerprint density at radius 1 is 1.36 bits per heavy atom. The van der Waals surface area contributed by atoms with Gasteiger partial charge in [0.2, 0.25) is 0 Å². The first kappa shape index (κ1) is 7.72. The highest BCUT2D eigenvalue weighted by molar-refractivity contribution is 5.45. The van der Waals surface area contributed by atoms with Gasteiger partial charge in [0.25, 0.3) is 6.47 Å². The van der Waals surface area contributed by atoms with E-state index in [1.807, 2.05) is 13.8 Å². The second kappa shape index (κ2) is 3.14. The molecule has 0 spiro atoms. The molecule has 58 valence electrons. The van der Waals surface area contributed by atoms with Gasteiger partial charge in [-0.1, -0.05) is 0 Å². The van der Waals surface area contributed by atoms with Gasteiger partial charge in [0.05, 0.1) is 0 Å². The second-order valence-electron chi connectivity index (χ2n) is 2.30. The van der Waals surface area contributed by atoms with Gasteiger partial charge in [0, 0.05) is 23.5 Å². The molecule has 0 aliphatic heterocycles. The van der Waals surface area contributed by atoms with Gasteiger partial charge in [-0.15, -0.1) is 0 Å². The number of hydrogen-bond donors (Lipinski definition) is 0. The largest absolute Gasteiger partial charge is 0.429 e. The number of carbonyl (C=O) groups excluding carboxylic acids is 1. The topological polar surface area (TPSA) is 39.2 Å². The molecule has 0 N–H and O–H groups in total. The van der Waals surface area contributed by atoms with Crippen molar-refractivity contribution in [3.8, 4) is 5.75 Å². The number of pyridine rings is 1. The predicted molar refractivity (Wildman–Crippen MR) is 40.4 cm³/mol. The van der Waals surface area contributed by atoms with Crippen molar-refractivity contribution < 1.29 is 9.53 Å². The third kappa shape index (κ3) is 2.04. The van der Waals surface area contributed by atoms with E-state index in [1.165, 1.54) is 0 Å². The molecule has 0 unspecified atom stereocenters. The van der Waals surface area contributed by atoms with Crippen LogP contribution in [0.15, 0.2) is 12.1 Å². The lowest BCUT2D eigenvalue weighted by molar-refractivity contribution is -0.120. The van der Waals surface area contributed by atoms with Crippen molar-refractivity contribution >= 4 is 6.47 Å². The number of carbonyl (C=O) groups is 1. The highest BCUT2D eigenvalue weighted by Crippen LogP contribution is 2.11. The number of aromatic nitrogens is 1. The predicted octanol–water partition coefficient (Wildman–Crippen LogP) is 1.23. The van der Waals surface area contributed by atoms with E-state index in [1.54, 1.807) is 12.1 Å². The van der Waals surface area contributed by atoms with Crippen molar-refractivity contribution in [2.24, 2.45) is 0 Å². The minimum atomic E-state index is 0.411. The summed E-state index contributed by atoms with van der Waals surface area (Å²) in [5.74, 6) is 0.546. The number of hydrogen-bond acceptors (Lipinski definition) is 3. The molecule has 0 atom stereocenters. The van der Waals surface area contributed by atoms with Crippen LogP contribution in [0.3, 0.4) is 0 Å². The smallest absolute Gasteiger partial charge is 0.298 e. The van der Waals surface area contributed by atoms with Crippen LogP contribution in [-0.2, 0) is 4.79 Å². The fraction of sp³-hybridized carbons (Fsp3) is 0.250. The van der Waals surface area contributed by atoms with E-state index in [4.69, 9.17) is 0 Å². The first-order chi connectivity index (χ1) is 5.22. The van der Waals surface area contributed by atoms with Gasteiger partial charge >= 0.3 is 0 Å². The summed E-state index contributed by atoms with van der Waals surface area (Å²) in [6, 6.07) is 3.42. The summed E-state index contributed by atoms with van der Waals surface area (Å²) in [5.41, 5.74) is 1.70. The quantitative estimate of drug-likeness (QED) is 0.597. The molecule has 11 heavy (non-hydrogen) atoms. The standard InChI is InChI=1S/C8H9NO2/c1-6-3-8(11-5-10)4-7(2)9-6/h3-5H,1-2H3. The summed E-state index contributed by atoms with van der Waals surface area (Å²) in [6.45, 7) is 4.11. The molecule has 1 aromatic rings. The van der Waals surface area contributed by atoms with Crippen LogP contribution in [0.5, 0.6) is 5.75 Å². The van der Waals surface area contributed by atoms with Crippen LogP contribution in [0.4, 0.5) is 0 Å². The Balaban J connectivity index is 2.98. The van der Waals surface area contributed by atoms with Crippen LogP contribution >= 0.6 is 0 Å². The second-order valence-corrected chi connectivity index (χ2v) is 2.30. The highest BCUT2D eigenvalue weighted by Gasteiger charge is 1.95. The molecule has 3 nitrogen and oxygen atoms in total. The molecule has 0 aromatic carbocycles. The van der Waals surface area contributed by atoms with Gasteiger partial charge in [0.1, 0.15) is 5.75 Å². The van der Waals surface area contributed by atoms with Crippen LogP contribution in [0.2, 0.25) is 0 Å². The van der Waals surface area contributed by atoms with E-state index >= 15 is 0 Å². The molecule has 0 aliphatic rings. The minimum Gasteiger partial charge on any atom is -0.429 e. The van der Waals surface area contributed by atoms with Crippen molar-refractivity contribution in [2.45, 2.75) is 13.8 Å². The third-order valence-electron chi connectivity index (χ3n) is 1.24. The summed E-state index contributed by atoms with van der Waals surface area (Å²) >= 11 is 0. The molecule has 0 saturated carbocycles. The Hall–Kier alpha value is -1.38. The normalized spacial score (nSPS) is 9.27. The van der Waals surface area contributed by atoms with E-state index in [2.05, 4.69) is 9.72 Å². The van der Waals surface area contributed by atoms with Gasteiger partial charge in [-0.25, -0.2) is 0 Å². The molecule has 0 radical (unpaired) electrons. The maximum absolute atomic E-state index is 9.95. The van der Waals surface area contributed by atoms with Gasteiger partial charge in [-0.05, 0) is 13.8 Å². The highest BCUT2D eigenvalue weighted by atomic mass is 16.5. The number of rotatable bonds is 2. The Morgan fingerprint density at radius 3 is 2.36 bits per heavy atom. The van der Waals surface area contributed by atoms with Crippen LogP contribution in [-0.4, -0.2) is 11.5 Å². The van der Waals surface area contributed by atoms with E-state index in [0.717, 1.165) is 11.4 Å². The Labute approximate surface area is 65.0 Å². The summed E-state index contributed by atoms with van der Waals surface area (Å²) in [6.07, 6.45) is 0. The molecule has 0 aliphatic carbocycles. The van der Waals surface area contributed by atoms with Crippen LogP contribution in [0.1, 0.15) is 11.4 Å². The molecule has 3 heteroatoms. The fourth-order valence-corrected chi connectivity index (χ4v) is 0.920. The molecular formula is C8H9NO2. The van der Waals surface area contributed by atoms with E-state index < -0.39 is 0 Å². The number of nitrogens with zero attached hydrogens (tertiary/aromatic N) is 1. The monoisotopic (exact) mass is 151 g/mol. The molecule has 0 saturated heterocycles. The Kier molecular flexibility index (Phi) is 2.21. The maximum atomic E-state index is 9.95. The van der Waals surface area contributed by atoms with Crippen LogP contribution < -0.4 is 4.74 Å². The van der Waals surface area contributed by atoms with Crippen molar-refractivity contribution in [1.29, 1.82) is 0 Å². The zero-order chi connectivity index (χ0) is 8.27. The van der Waals surface area contributed by atoms with Crippen molar-refractivity contribution in [3.63, 3.8) is 0 Å². The maximum Gasteiger partial charge on any atom is 0.298 e. The van der Waals surface area contributed by atoms with Crippen molar-refractivity contribution in [1.82, 2.24) is 4.98 Å². The Bertz CT molecular complexity index is 251. The lowest BCUT2D eigenvalue weighted by Crippen LogP contribution is -1.92. The molecule has 1 rings (SSSR count). The first-order valence-corrected chi connectivity index (χ1v) is 3.28. The van der Waals surface area contributed by atoms with Gasteiger partial charge < -0.3 is 4.74 Å². The van der Waals surface area contributed by atoms with E-state index in [9.17, 15) is 4.79 Å². The van der Waals surface area contributed by atoms with E-state index in [-0.39, 0.29) is 0 Å². The molecule has 0 fully saturated rings. The van der Waals surface area contributed by atoms with Crippen LogP contribution in [0.25, 0.3) is 0 Å². The van der Waals surface area contributed by atoms with Crippen molar-refractivity contribution in [3.05, 3.63) is 23.5 Å². The zero-order valence-electron chi connectivity index (χ0n) is 6.50. The molecular weight excluding hydrogens is 142 g/mol. The Morgan fingerprint density at radius 2 is 1.91 bits per heavy atom. The van der Waals surface area contributed by atoms with Crippen LogP contribution in [0, 0.1) is 13.8 Å². The zero-order valence-corrected chi connectivity index (χ0v) is 6.50. The van der Waals surface area contributed by atoms with Crippen molar-refractivity contribution in [2.75, 3.05) is 0 Å². The lowest BCUT2D eigenvalue weighted by Gasteiger charge is -1.99. The number of ether oxygens (including phenoxy) is 1. The summed E-state index contributed by atoms with van der Waals surface area (Å²) in [5, 5.41) is 0. The molecule has 1 aromatic heterocycles. The molecule has 1 heterocycles. The average molecular weight is 151 g/mol. The molecule has 0 bridgehead atoms. The fourth-order valence-electron chi connectivity index (χ4n) is 0.920. The lowest BCUT2D eigenvalue weighted by atomic mass is 10.3. The summed E-state index contributed by atoms with van der Waals surface area (Å²) in [7, 11) is 0. The SMILES string of the molecule is Cc1cc(OC=O)cc(C)n1. The van der Waals surface area contributed by atoms with Gasteiger partial charge in [0.15, 0.2) is 0 Å².